The number of benzene rings is 3. The van der Waals surface area contributed by atoms with E-state index in [4.69, 9.17) is 5.73 Å². The number of hydrogen-bond donors (Lipinski definition) is 2. The average molecular weight is 258 g/mol. The Labute approximate surface area is 117 Å². The Bertz CT molecular complexity index is 806. The fraction of sp³-hybridized carbons (Fsp3) is 0. The van der Waals surface area contributed by atoms with E-state index in [0.717, 1.165) is 22.6 Å². The highest BCUT2D eigenvalue weighted by atomic mass is 14.9. The quantitative estimate of drug-likeness (QED) is 0.450. The lowest BCUT2D eigenvalue weighted by atomic mass is 9.94. The minimum Gasteiger partial charge on any atom is -0.397 e. The van der Waals surface area contributed by atoms with Gasteiger partial charge in [-0.2, -0.15) is 0 Å². The Hall–Kier alpha value is -2.74. The van der Waals surface area contributed by atoms with Crippen LogP contribution in [-0.2, 0) is 0 Å². The molecule has 0 saturated heterocycles. The minimum atomic E-state index is 0.772. The van der Waals surface area contributed by atoms with Gasteiger partial charge in [0.1, 0.15) is 0 Å². The molecule has 0 aromatic heterocycles. The van der Waals surface area contributed by atoms with Crippen LogP contribution in [0.25, 0.3) is 22.3 Å². The molecule has 0 spiro atoms. The Kier molecular flexibility index (Phi) is 2.30. The summed E-state index contributed by atoms with van der Waals surface area (Å²) >= 11 is 0. The van der Waals surface area contributed by atoms with Gasteiger partial charge >= 0.3 is 0 Å². The van der Waals surface area contributed by atoms with Crippen molar-refractivity contribution < 1.29 is 0 Å². The molecule has 1 heterocycles. The van der Waals surface area contributed by atoms with Crippen molar-refractivity contribution in [3.05, 3.63) is 66.7 Å². The van der Waals surface area contributed by atoms with Crippen molar-refractivity contribution in [3.63, 3.8) is 0 Å². The van der Waals surface area contributed by atoms with Crippen molar-refractivity contribution in [2.45, 2.75) is 0 Å². The standard InChI is InChI=1S/C18H14N2/c19-16-10-5-9-15-13-7-2-1-6-12(13)14-8-3-4-11-17(14)20-18(15)16/h1-11,20H,19H2. The lowest BCUT2D eigenvalue weighted by Crippen LogP contribution is -1.97. The normalized spacial score (nSPS) is 11.6. The average Bonchev–Trinajstić information content (AvgIpc) is 2.64. The van der Waals surface area contributed by atoms with Gasteiger partial charge in [-0.05, 0) is 23.3 Å². The first kappa shape index (κ1) is 11.1. The van der Waals surface area contributed by atoms with Crippen LogP contribution in [0.4, 0.5) is 17.1 Å². The monoisotopic (exact) mass is 258 g/mol. The molecular formula is C18H14N2. The first-order valence-electron chi connectivity index (χ1n) is 6.69. The minimum absolute atomic E-state index is 0.772. The third-order valence-corrected chi connectivity index (χ3v) is 3.79. The van der Waals surface area contributed by atoms with Crippen LogP contribution in [0.1, 0.15) is 0 Å². The molecular weight excluding hydrogens is 244 g/mol. The summed E-state index contributed by atoms with van der Waals surface area (Å²) in [4.78, 5) is 0. The Morgan fingerprint density at radius 2 is 1.20 bits per heavy atom. The van der Waals surface area contributed by atoms with Crippen molar-refractivity contribution in [2.24, 2.45) is 0 Å². The number of rotatable bonds is 0. The molecule has 0 atom stereocenters. The fourth-order valence-electron chi connectivity index (χ4n) is 2.85. The van der Waals surface area contributed by atoms with Gasteiger partial charge in [-0.3, -0.25) is 0 Å². The third kappa shape index (κ3) is 1.51. The summed E-state index contributed by atoms with van der Waals surface area (Å²) in [7, 11) is 0. The number of nitrogens with one attached hydrogen (secondary N) is 1. The predicted octanol–water partition coefficient (Wildman–Crippen LogP) is 4.66. The highest BCUT2D eigenvalue weighted by molar-refractivity contribution is 6.01. The fourth-order valence-corrected chi connectivity index (χ4v) is 2.85. The zero-order chi connectivity index (χ0) is 13.5. The molecule has 2 nitrogen and oxygen atoms in total. The van der Waals surface area contributed by atoms with Crippen LogP contribution in [0.5, 0.6) is 0 Å². The molecule has 4 rings (SSSR count). The number of hydrogen-bond acceptors (Lipinski definition) is 2. The molecule has 3 aromatic rings. The second kappa shape index (κ2) is 4.14. The maximum absolute atomic E-state index is 6.16. The second-order valence-corrected chi connectivity index (χ2v) is 4.99. The number of nitrogens with two attached hydrogens (primary N) is 1. The van der Waals surface area contributed by atoms with Gasteiger partial charge in [0.25, 0.3) is 0 Å². The summed E-state index contributed by atoms with van der Waals surface area (Å²) in [5, 5.41) is 3.49. The smallest absolute Gasteiger partial charge is 0.0697 e. The van der Waals surface area contributed by atoms with Gasteiger partial charge in [0.2, 0.25) is 0 Å². The summed E-state index contributed by atoms with van der Waals surface area (Å²) in [5.41, 5.74) is 13.8. The molecule has 1 aliphatic rings. The zero-order valence-corrected chi connectivity index (χ0v) is 10.9. The van der Waals surface area contributed by atoms with Gasteiger partial charge in [-0.25, -0.2) is 0 Å². The Balaban J connectivity index is 2.14. The topological polar surface area (TPSA) is 38.0 Å². The Morgan fingerprint density at radius 1 is 0.600 bits per heavy atom. The lowest BCUT2D eigenvalue weighted by molar-refractivity contribution is 1.57. The number of fused-ring (bicyclic) bond motifs is 5. The molecule has 0 aliphatic carbocycles. The van der Waals surface area contributed by atoms with E-state index >= 15 is 0 Å². The molecule has 2 heteroatoms. The first-order valence-corrected chi connectivity index (χ1v) is 6.69. The maximum atomic E-state index is 6.16. The van der Waals surface area contributed by atoms with Crippen LogP contribution in [0.2, 0.25) is 0 Å². The van der Waals surface area contributed by atoms with E-state index in [9.17, 15) is 0 Å². The third-order valence-electron chi connectivity index (χ3n) is 3.79. The van der Waals surface area contributed by atoms with Crippen molar-refractivity contribution in [2.75, 3.05) is 11.1 Å². The van der Waals surface area contributed by atoms with Crippen LogP contribution in [0.15, 0.2) is 66.7 Å². The van der Waals surface area contributed by atoms with Crippen LogP contribution in [0.3, 0.4) is 0 Å². The summed E-state index contributed by atoms with van der Waals surface area (Å²) < 4.78 is 0. The Morgan fingerprint density at radius 3 is 2.00 bits per heavy atom. The van der Waals surface area contributed by atoms with Crippen LogP contribution in [0, 0.1) is 0 Å². The van der Waals surface area contributed by atoms with E-state index < -0.39 is 0 Å². The number of para-hydroxylation sites is 2. The molecule has 0 fully saturated rings. The highest BCUT2D eigenvalue weighted by Crippen LogP contribution is 2.45. The summed E-state index contributed by atoms with van der Waals surface area (Å²) in [5.74, 6) is 0. The molecule has 0 unspecified atom stereocenters. The largest absolute Gasteiger partial charge is 0.397 e. The number of nitrogen functional groups attached to an aromatic ring is 1. The van der Waals surface area contributed by atoms with Crippen LogP contribution < -0.4 is 11.1 Å². The second-order valence-electron chi connectivity index (χ2n) is 4.99. The van der Waals surface area contributed by atoms with Gasteiger partial charge in [0, 0.05) is 16.8 Å². The van der Waals surface area contributed by atoms with E-state index in [1.54, 1.807) is 0 Å². The molecule has 0 bridgehead atoms. The molecule has 0 radical (unpaired) electrons. The van der Waals surface area contributed by atoms with E-state index in [1.807, 2.05) is 18.2 Å². The molecule has 0 amide bonds. The van der Waals surface area contributed by atoms with Crippen molar-refractivity contribution in [1.29, 1.82) is 0 Å². The SMILES string of the molecule is Nc1cccc2c1Nc1ccccc1-c1ccccc1-2. The van der Waals surface area contributed by atoms with E-state index in [0.29, 0.717) is 0 Å². The highest BCUT2D eigenvalue weighted by Gasteiger charge is 2.19. The molecule has 96 valence electrons. The van der Waals surface area contributed by atoms with Crippen molar-refractivity contribution in [3.8, 4) is 22.3 Å². The van der Waals surface area contributed by atoms with E-state index in [-0.39, 0.29) is 0 Å². The maximum Gasteiger partial charge on any atom is 0.0697 e. The number of anilines is 3. The molecule has 20 heavy (non-hydrogen) atoms. The first-order chi connectivity index (χ1) is 9.84. The lowest BCUT2D eigenvalue weighted by Gasteiger charge is -2.12. The van der Waals surface area contributed by atoms with Gasteiger partial charge in [-0.1, -0.05) is 54.6 Å². The van der Waals surface area contributed by atoms with Crippen LogP contribution >= 0.6 is 0 Å². The summed E-state index contributed by atoms with van der Waals surface area (Å²) in [6, 6.07) is 22.8. The summed E-state index contributed by atoms with van der Waals surface area (Å²) in [6.07, 6.45) is 0. The molecule has 3 aromatic carbocycles. The van der Waals surface area contributed by atoms with Gasteiger partial charge < -0.3 is 11.1 Å². The molecule has 1 aliphatic heterocycles. The predicted molar refractivity (Wildman–Crippen MR) is 85.0 cm³/mol. The van der Waals surface area contributed by atoms with Gasteiger partial charge in [0.15, 0.2) is 0 Å². The molecule has 3 N–H and O–H groups in total. The van der Waals surface area contributed by atoms with Gasteiger partial charge in [-0.15, -0.1) is 0 Å². The van der Waals surface area contributed by atoms with Crippen LogP contribution in [-0.4, -0.2) is 0 Å². The van der Waals surface area contributed by atoms with Crippen molar-refractivity contribution >= 4 is 17.1 Å². The molecule has 0 saturated carbocycles. The summed E-state index contributed by atoms with van der Waals surface area (Å²) in [6.45, 7) is 0. The zero-order valence-electron chi connectivity index (χ0n) is 10.9. The van der Waals surface area contributed by atoms with E-state index in [2.05, 4.69) is 53.8 Å². The van der Waals surface area contributed by atoms with Gasteiger partial charge in [0.05, 0.1) is 11.4 Å². The van der Waals surface area contributed by atoms with E-state index in [1.165, 1.54) is 16.7 Å². The van der Waals surface area contributed by atoms with Crippen molar-refractivity contribution in [1.82, 2.24) is 0 Å².